The van der Waals surface area contributed by atoms with E-state index in [9.17, 15) is 9.59 Å². The van der Waals surface area contributed by atoms with E-state index >= 15 is 0 Å². The van der Waals surface area contributed by atoms with Crippen LogP contribution in [0.1, 0.15) is 79.2 Å². The lowest BCUT2D eigenvalue weighted by atomic mass is 9.71. The van der Waals surface area contributed by atoms with E-state index in [1.165, 1.54) is 37.7 Å². The van der Waals surface area contributed by atoms with Crippen LogP contribution in [0.15, 0.2) is 60.7 Å². The second kappa shape index (κ2) is 11.5. The van der Waals surface area contributed by atoms with Crippen LogP contribution >= 0.6 is 11.6 Å². The fourth-order valence-corrected chi connectivity index (χ4v) is 7.86. The summed E-state index contributed by atoms with van der Waals surface area (Å²) >= 11 is 6.83. The Labute approximate surface area is 270 Å². The van der Waals surface area contributed by atoms with Crippen molar-refractivity contribution in [3.05, 3.63) is 71.2 Å². The molecule has 4 aliphatic carbocycles. The van der Waals surface area contributed by atoms with Gasteiger partial charge in [0.2, 0.25) is 0 Å². The van der Waals surface area contributed by atoms with Gasteiger partial charge in [0, 0.05) is 11.4 Å². The molecule has 4 bridgehead atoms. The Morgan fingerprint density at radius 3 is 1.96 bits per heavy atom. The molecule has 2 unspecified atom stereocenters. The van der Waals surface area contributed by atoms with Crippen LogP contribution in [0.5, 0.6) is 0 Å². The van der Waals surface area contributed by atoms with E-state index < -0.39 is 23.4 Å². The van der Waals surface area contributed by atoms with Crippen molar-refractivity contribution in [1.29, 1.82) is 0 Å². The topological polar surface area (TPSA) is 92.8 Å². The lowest BCUT2D eigenvalue weighted by molar-refractivity contribution is 0.0429. The highest BCUT2D eigenvalue weighted by Crippen LogP contribution is 2.66. The van der Waals surface area contributed by atoms with Gasteiger partial charge in [0.15, 0.2) is 5.82 Å². The van der Waals surface area contributed by atoms with Crippen LogP contribution in [0.4, 0.5) is 38.3 Å². The van der Waals surface area contributed by atoms with E-state index in [1.807, 2.05) is 24.3 Å². The Balaban J connectivity index is 1.14. The van der Waals surface area contributed by atoms with Gasteiger partial charge >= 0.3 is 12.2 Å². The largest absolute Gasteiger partial charge is 0.443 e. The number of nitrogens with zero attached hydrogens (tertiary/aromatic N) is 2. The van der Waals surface area contributed by atoms with Crippen LogP contribution < -0.4 is 15.5 Å². The van der Waals surface area contributed by atoms with Crippen molar-refractivity contribution >= 4 is 52.5 Å². The van der Waals surface area contributed by atoms with Crippen LogP contribution in [0.25, 0.3) is 0 Å². The molecular formula is C36H43ClN4O4. The van der Waals surface area contributed by atoms with E-state index in [1.54, 1.807) is 59.7 Å². The summed E-state index contributed by atoms with van der Waals surface area (Å²) in [7, 11) is 0. The van der Waals surface area contributed by atoms with Gasteiger partial charge < -0.3 is 20.1 Å². The molecule has 45 heavy (non-hydrogen) atoms. The molecule has 4 fully saturated rings. The van der Waals surface area contributed by atoms with Crippen molar-refractivity contribution in [3.8, 4) is 0 Å². The van der Waals surface area contributed by atoms with Crippen molar-refractivity contribution in [2.24, 2.45) is 17.8 Å². The maximum absolute atomic E-state index is 13.0. The third-order valence-corrected chi connectivity index (χ3v) is 9.40. The Bertz CT molecular complexity index is 1550. The van der Waals surface area contributed by atoms with E-state index in [-0.39, 0.29) is 5.82 Å². The molecule has 2 amide bonds. The van der Waals surface area contributed by atoms with Crippen LogP contribution in [0.3, 0.4) is 0 Å². The zero-order chi connectivity index (χ0) is 32.1. The molecule has 0 aliphatic heterocycles. The molecule has 8 nitrogen and oxygen atoms in total. The number of carbonyl (C=O) groups is 2. The molecule has 9 heteroatoms. The second-order valence-electron chi connectivity index (χ2n) is 14.9. The van der Waals surface area contributed by atoms with Gasteiger partial charge in [-0.05, 0) is 151 Å². The molecule has 1 heterocycles. The molecule has 238 valence electrons. The number of ether oxygens (including phenoxy) is 2. The maximum Gasteiger partial charge on any atom is 0.425 e. The van der Waals surface area contributed by atoms with Crippen LogP contribution in [0.2, 0.25) is 5.02 Å². The number of benzene rings is 2. The van der Waals surface area contributed by atoms with E-state index in [0.29, 0.717) is 11.2 Å². The molecule has 2 aromatic carbocycles. The summed E-state index contributed by atoms with van der Waals surface area (Å²) in [6.07, 6.45) is 5.11. The fraction of sp³-hybridized carbons (Fsp3) is 0.472. The average Bonchev–Trinajstić information content (AvgIpc) is 3.33. The van der Waals surface area contributed by atoms with E-state index in [4.69, 9.17) is 21.1 Å². The third-order valence-electron chi connectivity index (χ3n) is 9.09. The van der Waals surface area contributed by atoms with Gasteiger partial charge in [0.25, 0.3) is 0 Å². The summed E-state index contributed by atoms with van der Waals surface area (Å²) in [4.78, 5) is 31.4. The highest BCUT2D eigenvalue weighted by molar-refractivity contribution is 6.33. The number of aromatic nitrogens is 1. The minimum atomic E-state index is -0.869. The lowest BCUT2D eigenvalue weighted by Gasteiger charge is -2.34. The number of carbonyl (C=O) groups excluding carboxylic acids is 2. The minimum Gasteiger partial charge on any atom is -0.443 e. The fourth-order valence-electron chi connectivity index (χ4n) is 7.63. The van der Waals surface area contributed by atoms with E-state index in [2.05, 4.69) is 33.8 Å². The van der Waals surface area contributed by atoms with Crippen LogP contribution in [0, 0.1) is 17.8 Å². The normalized spacial score (nSPS) is 23.5. The van der Waals surface area contributed by atoms with Gasteiger partial charge in [-0.3, -0.25) is 0 Å². The molecule has 3 aromatic rings. The van der Waals surface area contributed by atoms with Crippen LogP contribution in [-0.4, -0.2) is 28.4 Å². The van der Waals surface area contributed by atoms with Crippen molar-refractivity contribution in [1.82, 2.24) is 4.98 Å². The summed E-state index contributed by atoms with van der Waals surface area (Å²) in [6.45, 7) is 10.4. The third kappa shape index (κ3) is 6.76. The standard InChI is InChI=1S/C36H43ClN4O4/c1-34(2,3)44-32(42)41(33(43)45-35(4,5)6)31-9-7-8-30(40-31)39-27-13-11-26(12-14-27)38-29-15-10-24(19-28(29)37)36-20-22-16-23(21-36)18-25(36)17-22/h7-15,19,22-23,25,38H,16-18,20-21H2,1-6H3,(H,39,40). The van der Waals surface area contributed by atoms with Gasteiger partial charge in [-0.1, -0.05) is 23.7 Å². The molecule has 0 spiro atoms. The number of halogens is 1. The van der Waals surface area contributed by atoms with E-state index in [0.717, 1.165) is 44.7 Å². The first-order valence-electron chi connectivity index (χ1n) is 15.8. The maximum atomic E-state index is 13.0. The number of imide groups is 1. The first-order chi connectivity index (χ1) is 21.2. The summed E-state index contributed by atoms with van der Waals surface area (Å²) in [5.74, 6) is 3.15. The SMILES string of the molecule is CC(C)(C)OC(=O)N(C(=O)OC(C)(C)C)c1cccc(Nc2ccc(Nc3ccc(C45CC6CC(CC4C6)C5)cc3Cl)cc2)n1. The number of rotatable bonds is 6. The van der Waals surface area contributed by atoms with Gasteiger partial charge in [0.1, 0.15) is 17.0 Å². The first-order valence-corrected chi connectivity index (χ1v) is 16.2. The zero-order valence-electron chi connectivity index (χ0n) is 26.9. The predicted molar refractivity (Wildman–Crippen MR) is 179 cm³/mol. The number of hydrogen-bond donors (Lipinski definition) is 2. The number of hydrogen-bond acceptors (Lipinski definition) is 7. The molecule has 4 saturated carbocycles. The molecule has 4 aliphatic rings. The summed E-state index contributed by atoms with van der Waals surface area (Å²) in [6, 6.07) is 19.4. The summed E-state index contributed by atoms with van der Waals surface area (Å²) < 4.78 is 11.0. The number of anilines is 5. The number of nitrogens with one attached hydrogen (secondary N) is 2. The molecule has 1 aromatic heterocycles. The predicted octanol–water partition coefficient (Wildman–Crippen LogP) is 9.98. The Kier molecular flexibility index (Phi) is 8.00. The molecule has 0 saturated heterocycles. The van der Waals surface area contributed by atoms with Gasteiger partial charge in [0.05, 0.1) is 10.7 Å². The van der Waals surface area contributed by atoms with Crippen molar-refractivity contribution < 1.29 is 19.1 Å². The quantitative estimate of drug-likeness (QED) is 0.280. The zero-order valence-corrected chi connectivity index (χ0v) is 27.7. The van der Waals surface area contributed by atoms with Gasteiger partial charge in [-0.15, -0.1) is 0 Å². The van der Waals surface area contributed by atoms with Crippen molar-refractivity contribution in [2.45, 2.75) is 90.3 Å². The Morgan fingerprint density at radius 1 is 0.822 bits per heavy atom. The molecule has 2 N–H and O–H groups in total. The van der Waals surface area contributed by atoms with Crippen molar-refractivity contribution in [2.75, 3.05) is 15.5 Å². The highest BCUT2D eigenvalue weighted by Gasteiger charge is 2.58. The van der Waals surface area contributed by atoms with Gasteiger partial charge in [-0.2, -0.15) is 4.90 Å². The smallest absolute Gasteiger partial charge is 0.425 e. The summed E-state index contributed by atoms with van der Waals surface area (Å²) in [5.41, 5.74) is 2.68. The molecule has 2 atom stereocenters. The first kappa shape index (κ1) is 31.2. The molecule has 0 radical (unpaired) electrons. The lowest BCUT2D eigenvalue weighted by Crippen LogP contribution is -2.44. The average molecular weight is 631 g/mol. The number of amides is 2. The Hall–Kier alpha value is -3.78. The van der Waals surface area contributed by atoms with Gasteiger partial charge in [-0.25, -0.2) is 14.6 Å². The van der Waals surface area contributed by atoms with Crippen LogP contribution in [-0.2, 0) is 14.9 Å². The molecule has 7 rings (SSSR count). The minimum absolute atomic E-state index is 0.0815. The van der Waals surface area contributed by atoms with Crippen molar-refractivity contribution in [3.63, 3.8) is 0 Å². The second-order valence-corrected chi connectivity index (χ2v) is 15.3. The monoisotopic (exact) mass is 630 g/mol. The molecular weight excluding hydrogens is 588 g/mol. The number of pyridine rings is 1. The Morgan fingerprint density at radius 2 is 1.40 bits per heavy atom. The summed E-state index contributed by atoms with van der Waals surface area (Å²) in [5, 5.41) is 7.45. The highest BCUT2D eigenvalue weighted by atomic mass is 35.5.